The average molecular weight is 244 g/mol. The Labute approximate surface area is 105 Å². The van der Waals surface area contributed by atoms with Crippen LogP contribution in [0.3, 0.4) is 0 Å². The number of hydrogen-bond donors (Lipinski definition) is 1. The van der Waals surface area contributed by atoms with Crippen LogP contribution < -0.4 is 0 Å². The van der Waals surface area contributed by atoms with Gasteiger partial charge in [0.15, 0.2) is 0 Å². The first kappa shape index (κ1) is 11.3. The molecule has 0 aliphatic heterocycles. The van der Waals surface area contributed by atoms with Gasteiger partial charge in [-0.25, -0.2) is 9.78 Å². The lowest BCUT2D eigenvalue weighted by Gasteiger charge is -2.11. The highest BCUT2D eigenvalue weighted by Gasteiger charge is 2.28. The van der Waals surface area contributed by atoms with Crippen molar-refractivity contribution in [1.82, 2.24) is 9.55 Å². The van der Waals surface area contributed by atoms with Gasteiger partial charge in [0.05, 0.1) is 22.9 Å². The molecule has 1 aromatic carbocycles. The zero-order chi connectivity index (χ0) is 12.7. The lowest BCUT2D eigenvalue weighted by molar-refractivity contribution is 0.0697. The Hall–Kier alpha value is -1.84. The summed E-state index contributed by atoms with van der Waals surface area (Å²) in [5, 5.41) is 9.02. The van der Waals surface area contributed by atoms with Crippen LogP contribution in [-0.2, 0) is 6.54 Å². The van der Waals surface area contributed by atoms with E-state index in [1.165, 1.54) is 12.8 Å². The molecule has 0 amide bonds. The monoisotopic (exact) mass is 244 g/mol. The van der Waals surface area contributed by atoms with Crippen molar-refractivity contribution in [2.45, 2.75) is 26.3 Å². The van der Waals surface area contributed by atoms with E-state index in [0.29, 0.717) is 11.5 Å². The molecular weight excluding hydrogens is 228 g/mol. The SMILES string of the molecule is CC(Cn1cnc2ccc(C(=O)O)cc21)C1CC1. The van der Waals surface area contributed by atoms with E-state index in [1.807, 2.05) is 6.33 Å². The Morgan fingerprint density at radius 3 is 3.00 bits per heavy atom. The van der Waals surface area contributed by atoms with Crippen LogP contribution in [0.2, 0.25) is 0 Å². The van der Waals surface area contributed by atoms with E-state index < -0.39 is 5.97 Å². The van der Waals surface area contributed by atoms with Crippen molar-refractivity contribution < 1.29 is 9.90 Å². The third-order valence-electron chi connectivity index (χ3n) is 3.78. The van der Waals surface area contributed by atoms with Crippen LogP contribution in [0.4, 0.5) is 0 Å². The fraction of sp³-hybridized carbons (Fsp3) is 0.429. The second-order valence-electron chi connectivity index (χ2n) is 5.22. The van der Waals surface area contributed by atoms with Crippen LogP contribution in [0.5, 0.6) is 0 Å². The van der Waals surface area contributed by atoms with Gasteiger partial charge < -0.3 is 9.67 Å². The normalized spacial score (nSPS) is 16.9. The van der Waals surface area contributed by atoms with Gasteiger partial charge in [0.25, 0.3) is 0 Å². The van der Waals surface area contributed by atoms with Gasteiger partial charge in [0.2, 0.25) is 0 Å². The molecule has 0 saturated heterocycles. The molecule has 1 heterocycles. The first-order valence-corrected chi connectivity index (χ1v) is 6.33. The van der Waals surface area contributed by atoms with Gasteiger partial charge in [-0.2, -0.15) is 0 Å². The fourth-order valence-corrected chi connectivity index (χ4v) is 2.46. The molecule has 1 aromatic heterocycles. The number of aromatic nitrogens is 2. The summed E-state index contributed by atoms with van der Waals surface area (Å²) in [7, 11) is 0. The largest absolute Gasteiger partial charge is 0.478 e. The van der Waals surface area contributed by atoms with Crippen molar-refractivity contribution >= 4 is 17.0 Å². The topological polar surface area (TPSA) is 55.1 Å². The third kappa shape index (κ3) is 1.98. The number of hydrogen-bond acceptors (Lipinski definition) is 2. The Kier molecular flexibility index (Phi) is 2.58. The molecule has 1 aliphatic carbocycles. The van der Waals surface area contributed by atoms with Gasteiger partial charge in [-0.05, 0) is 42.9 Å². The Morgan fingerprint density at radius 2 is 2.33 bits per heavy atom. The molecule has 3 rings (SSSR count). The minimum Gasteiger partial charge on any atom is -0.478 e. The number of fused-ring (bicyclic) bond motifs is 1. The average Bonchev–Trinajstić information content (AvgIpc) is 3.13. The molecule has 18 heavy (non-hydrogen) atoms. The van der Waals surface area contributed by atoms with E-state index in [4.69, 9.17) is 5.11 Å². The van der Waals surface area contributed by atoms with Crippen LogP contribution in [0.1, 0.15) is 30.1 Å². The van der Waals surface area contributed by atoms with Gasteiger partial charge in [-0.3, -0.25) is 0 Å². The fourth-order valence-electron chi connectivity index (χ4n) is 2.46. The third-order valence-corrected chi connectivity index (χ3v) is 3.78. The summed E-state index contributed by atoms with van der Waals surface area (Å²) in [6.45, 7) is 3.18. The van der Waals surface area contributed by atoms with E-state index in [9.17, 15) is 4.79 Å². The molecule has 1 saturated carbocycles. The summed E-state index contributed by atoms with van der Waals surface area (Å²) in [6, 6.07) is 5.09. The van der Waals surface area contributed by atoms with E-state index >= 15 is 0 Å². The van der Waals surface area contributed by atoms with E-state index in [1.54, 1.807) is 18.2 Å². The summed E-state index contributed by atoms with van der Waals surface area (Å²) in [5.41, 5.74) is 2.11. The van der Waals surface area contributed by atoms with Gasteiger partial charge >= 0.3 is 5.97 Å². The summed E-state index contributed by atoms with van der Waals surface area (Å²) in [4.78, 5) is 15.3. The molecule has 1 unspecified atom stereocenters. The smallest absolute Gasteiger partial charge is 0.335 e. The van der Waals surface area contributed by atoms with Crippen LogP contribution >= 0.6 is 0 Å². The number of benzene rings is 1. The first-order valence-electron chi connectivity index (χ1n) is 6.33. The van der Waals surface area contributed by atoms with Crippen molar-refractivity contribution in [3.05, 3.63) is 30.1 Å². The maximum Gasteiger partial charge on any atom is 0.335 e. The summed E-state index contributed by atoms with van der Waals surface area (Å²) < 4.78 is 2.07. The molecule has 1 aliphatic rings. The van der Waals surface area contributed by atoms with Crippen LogP contribution in [0, 0.1) is 11.8 Å². The highest BCUT2D eigenvalue weighted by molar-refractivity contribution is 5.92. The number of nitrogens with zero attached hydrogens (tertiary/aromatic N) is 2. The predicted molar refractivity (Wildman–Crippen MR) is 68.6 cm³/mol. The van der Waals surface area contributed by atoms with Gasteiger partial charge in [0.1, 0.15) is 0 Å². The summed E-state index contributed by atoms with van der Waals surface area (Å²) in [6.07, 6.45) is 4.47. The molecule has 1 atom stereocenters. The zero-order valence-corrected chi connectivity index (χ0v) is 10.3. The van der Waals surface area contributed by atoms with Crippen LogP contribution in [0.25, 0.3) is 11.0 Å². The number of aromatic carboxylic acids is 1. The van der Waals surface area contributed by atoms with Crippen molar-refractivity contribution in [2.24, 2.45) is 11.8 Å². The number of carboxylic acids is 1. The first-order chi connectivity index (χ1) is 8.65. The summed E-state index contributed by atoms with van der Waals surface area (Å²) >= 11 is 0. The molecular formula is C14H16N2O2. The molecule has 0 radical (unpaired) electrons. The Morgan fingerprint density at radius 1 is 1.56 bits per heavy atom. The predicted octanol–water partition coefficient (Wildman–Crippen LogP) is 2.78. The van der Waals surface area contributed by atoms with Gasteiger partial charge in [0, 0.05) is 6.54 Å². The van der Waals surface area contributed by atoms with Gasteiger partial charge in [-0.15, -0.1) is 0 Å². The van der Waals surface area contributed by atoms with E-state index in [-0.39, 0.29) is 0 Å². The lowest BCUT2D eigenvalue weighted by atomic mass is 10.1. The van der Waals surface area contributed by atoms with Crippen LogP contribution in [0.15, 0.2) is 24.5 Å². The van der Waals surface area contributed by atoms with Crippen molar-refractivity contribution in [3.8, 4) is 0 Å². The van der Waals surface area contributed by atoms with Crippen molar-refractivity contribution in [1.29, 1.82) is 0 Å². The highest BCUT2D eigenvalue weighted by atomic mass is 16.4. The minimum atomic E-state index is -0.889. The maximum absolute atomic E-state index is 11.0. The summed E-state index contributed by atoms with van der Waals surface area (Å²) in [5.74, 6) is 0.584. The van der Waals surface area contributed by atoms with E-state index in [0.717, 1.165) is 23.5 Å². The molecule has 4 nitrogen and oxygen atoms in total. The maximum atomic E-state index is 11.0. The van der Waals surface area contributed by atoms with E-state index in [2.05, 4.69) is 16.5 Å². The molecule has 1 N–H and O–H groups in total. The standard InChI is InChI=1S/C14H16N2O2/c1-9(10-2-3-10)7-16-8-15-12-5-4-11(14(17)18)6-13(12)16/h4-6,8-10H,2-3,7H2,1H3,(H,17,18). The number of carboxylic acid groups (broad SMARTS) is 1. The number of imidazole rings is 1. The molecule has 4 heteroatoms. The zero-order valence-electron chi connectivity index (χ0n) is 10.3. The molecule has 2 aromatic rings. The van der Waals surface area contributed by atoms with Gasteiger partial charge in [-0.1, -0.05) is 6.92 Å². The second-order valence-corrected chi connectivity index (χ2v) is 5.22. The molecule has 0 spiro atoms. The lowest BCUT2D eigenvalue weighted by Crippen LogP contribution is -2.08. The minimum absolute atomic E-state index is 0.323. The Balaban J connectivity index is 1.95. The highest BCUT2D eigenvalue weighted by Crippen LogP contribution is 2.37. The van der Waals surface area contributed by atoms with Crippen molar-refractivity contribution in [3.63, 3.8) is 0 Å². The number of rotatable bonds is 4. The molecule has 94 valence electrons. The molecule has 0 bridgehead atoms. The second kappa shape index (κ2) is 4.12. The molecule has 1 fully saturated rings. The van der Waals surface area contributed by atoms with Crippen molar-refractivity contribution in [2.75, 3.05) is 0 Å². The quantitative estimate of drug-likeness (QED) is 0.899. The van der Waals surface area contributed by atoms with Crippen LogP contribution in [-0.4, -0.2) is 20.6 Å². The number of carbonyl (C=O) groups is 1. The Bertz CT molecular complexity index is 599.